The van der Waals surface area contributed by atoms with Crippen LogP contribution in [0.1, 0.15) is 88.9 Å². The maximum atomic E-state index is 14.3. The summed E-state index contributed by atoms with van der Waals surface area (Å²) in [6.45, 7) is 6.22. The number of likely N-dealkylation sites (N-methyl/N-ethyl adjacent to an activating group) is 1. The number of methoxy groups -OCH3 is 1. The topological polar surface area (TPSA) is 195 Å². The number of H-pyrrole nitrogens is 2. The number of hydrogen-bond donors (Lipinski definition) is 4. The van der Waals surface area contributed by atoms with Crippen LogP contribution in [0.3, 0.4) is 0 Å². The van der Waals surface area contributed by atoms with Crippen molar-refractivity contribution in [3.8, 4) is 33.6 Å². The van der Waals surface area contributed by atoms with Gasteiger partial charge in [0.1, 0.15) is 23.7 Å². The van der Waals surface area contributed by atoms with Gasteiger partial charge in [-0.15, -0.1) is 0 Å². The number of benzene rings is 3. The van der Waals surface area contributed by atoms with Gasteiger partial charge in [-0.25, -0.2) is 19.6 Å². The van der Waals surface area contributed by atoms with Gasteiger partial charge in [-0.05, 0) is 117 Å². The third kappa shape index (κ3) is 9.00. The van der Waals surface area contributed by atoms with Crippen LogP contribution in [-0.4, -0.2) is 128 Å². The Labute approximate surface area is 384 Å². The Morgan fingerprint density at radius 2 is 1.17 bits per heavy atom. The van der Waals surface area contributed by atoms with Gasteiger partial charge >= 0.3 is 12.2 Å². The molecule has 0 aliphatic carbocycles. The quantitative estimate of drug-likeness (QED) is 0.101. The number of carbonyl (C=O) groups excluding carboxylic acids is 3. The number of rotatable bonds is 11. The highest BCUT2D eigenvalue weighted by Gasteiger charge is 2.46. The van der Waals surface area contributed by atoms with Crippen molar-refractivity contribution in [3.63, 3.8) is 0 Å². The fraction of sp³-hybridized carbons (Fsp3) is 0.480. The van der Waals surface area contributed by atoms with Crippen molar-refractivity contribution in [1.29, 1.82) is 0 Å². The highest BCUT2D eigenvalue weighted by molar-refractivity contribution is 5.91. The number of aromatic nitrogens is 4. The summed E-state index contributed by atoms with van der Waals surface area (Å²) in [6, 6.07) is 19.0. The van der Waals surface area contributed by atoms with Gasteiger partial charge in [-0.1, -0.05) is 48.5 Å². The number of carbonyl (C=O) groups is 4. The summed E-state index contributed by atoms with van der Waals surface area (Å²) in [5.41, 5.74) is 5.80. The first-order valence-electron chi connectivity index (χ1n) is 23.3. The summed E-state index contributed by atoms with van der Waals surface area (Å²) in [5.74, 6) is 0.980. The first kappa shape index (κ1) is 44.9. The number of carboxylic acid groups (broad SMARTS) is 1. The average Bonchev–Trinajstić information content (AvgIpc) is 4.18. The second kappa shape index (κ2) is 19.3. The molecule has 0 spiro atoms. The second-order valence-electron chi connectivity index (χ2n) is 18.4. The van der Waals surface area contributed by atoms with E-state index in [-0.39, 0.29) is 47.8 Å². The highest BCUT2D eigenvalue weighted by atomic mass is 16.5. The third-order valence-corrected chi connectivity index (χ3v) is 14.5. The molecule has 16 nitrogen and oxygen atoms in total. The number of nitrogens with zero attached hydrogens (tertiary/aromatic N) is 5. The molecule has 6 heterocycles. The van der Waals surface area contributed by atoms with Crippen LogP contribution >= 0.6 is 0 Å². The smallest absolute Gasteiger partial charge is 0.407 e. The summed E-state index contributed by atoms with van der Waals surface area (Å²) in [4.78, 5) is 74.6. The van der Waals surface area contributed by atoms with E-state index >= 15 is 0 Å². The summed E-state index contributed by atoms with van der Waals surface area (Å²) >= 11 is 0. The second-order valence-corrected chi connectivity index (χ2v) is 18.4. The number of fused-ring (bicyclic) bond motifs is 1. The van der Waals surface area contributed by atoms with E-state index in [1.54, 1.807) is 0 Å². The first-order valence-corrected chi connectivity index (χ1v) is 23.3. The van der Waals surface area contributed by atoms with Crippen molar-refractivity contribution < 1.29 is 38.5 Å². The van der Waals surface area contributed by atoms with Gasteiger partial charge in [0.2, 0.25) is 11.8 Å². The molecule has 5 aromatic rings. The first-order chi connectivity index (χ1) is 32.0. The largest absolute Gasteiger partial charge is 0.465 e. The van der Waals surface area contributed by atoms with Crippen LogP contribution in [-0.2, 0) is 23.8 Å². The summed E-state index contributed by atoms with van der Waals surface area (Å²) < 4.78 is 16.0. The number of amides is 4. The van der Waals surface area contributed by atoms with Gasteiger partial charge in [-0.2, -0.15) is 0 Å². The monoisotopic (exact) mass is 900 g/mol. The van der Waals surface area contributed by atoms with Crippen LogP contribution in [0.5, 0.6) is 0 Å². The van der Waals surface area contributed by atoms with Gasteiger partial charge in [0.25, 0.3) is 0 Å². The molecular weight excluding hydrogens is 841 g/mol. The molecule has 9 rings (SSSR count). The maximum absolute atomic E-state index is 14.3. The zero-order valence-corrected chi connectivity index (χ0v) is 38.1. The molecule has 0 unspecified atom stereocenters. The third-order valence-electron chi connectivity index (χ3n) is 14.5. The number of imidazole rings is 2. The normalized spacial score (nSPS) is 22.6. The Bertz CT molecular complexity index is 2550. The lowest BCUT2D eigenvalue weighted by Crippen LogP contribution is -2.54. The summed E-state index contributed by atoms with van der Waals surface area (Å²) in [5, 5.41) is 14.9. The van der Waals surface area contributed by atoms with Crippen molar-refractivity contribution in [2.45, 2.75) is 101 Å². The van der Waals surface area contributed by atoms with E-state index < -0.39 is 24.3 Å². The highest BCUT2D eigenvalue weighted by Crippen LogP contribution is 2.40. The van der Waals surface area contributed by atoms with Gasteiger partial charge in [-0.3, -0.25) is 14.5 Å². The molecule has 4 N–H and O–H groups in total. The standard InChI is InChI=1S/C50H60N8O8/c1-29-5-15-41(57(29)47(59)43(55-49(61)64-4)33-17-21-65-22-18-33)45-52-28-40(54-45)38-14-13-36-25-35(11-12-37(36)26-38)31-7-9-32(10-8-31)39-27-51-46(53-39)42-16-6-30(2)58(42)48(60)44(56(3)50(62)63)34-19-23-66-24-20-34/h7-14,25-30,33-34,41-44H,5-6,15-24H2,1-4H3,(H,51,53)(H,52,54)(H,55,61)(H,62,63)/t29-,30-,41-,42-,43-,44-/m0/s1. The SMILES string of the molecule is COC(=O)N[C@H](C(=O)N1[C@@H](C)CC[C@H]1c1ncc(-c2ccc3cc(-c4ccc(-c5cnc([C@@H]6CC[C@H](C)N6C(=O)[C@H](C6CCOCC6)N(C)C(=O)O)[nH]5)cc4)ccc3c2)[nH]1)C1CCOCC1. The van der Waals surface area contributed by atoms with E-state index in [0.717, 1.165) is 75.9 Å². The molecule has 0 radical (unpaired) electrons. The predicted octanol–water partition coefficient (Wildman–Crippen LogP) is 7.95. The maximum Gasteiger partial charge on any atom is 0.407 e. The lowest BCUT2D eigenvalue weighted by molar-refractivity contribution is -0.142. The van der Waals surface area contributed by atoms with E-state index in [1.165, 1.54) is 19.1 Å². The Morgan fingerprint density at radius 3 is 1.73 bits per heavy atom. The number of alkyl carbamates (subject to hydrolysis) is 1. The lowest BCUT2D eigenvalue weighted by Gasteiger charge is -2.39. The van der Waals surface area contributed by atoms with Gasteiger partial charge in [0, 0.05) is 51.1 Å². The molecule has 4 aliphatic heterocycles. The zero-order valence-electron chi connectivity index (χ0n) is 38.1. The van der Waals surface area contributed by atoms with Crippen molar-refractivity contribution in [3.05, 3.63) is 84.7 Å². The lowest BCUT2D eigenvalue weighted by atomic mass is 9.89. The van der Waals surface area contributed by atoms with E-state index in [9.17, 15) is 24.3 Å². The van der Waals surface area contributed by atoms with E-state index in [0.29, 0.717) is 57.9 Å². The minimum Gasteiger partial charge on any atom is -0.465 e. The fourth-order valence-electron chi connectivity index (χ4n) is 10.8. The van der Waals surface area contributed by atoms with E-state index in [2.05, 4.69) is 82.9 Å². The zero-order chi connectivity index (χ0) is 46.1. The van der Waals surface area contributed by atoms with Crippen LogP contribution in [0.2, 0.25) is 0 Å². The number of ether oxygens (including phenoxy) is 3. The van der Waals surface area contributed by atoms with Crippen molar-refractivity contribution in [2.75, 3.05) is 40.6 Å². The minimum atomic E-state index is -1.11. The number of hydrogen-bond acceptors (Lipinski definition) is 9. The molecule has 4 aliphatic rings. The Morgan fingerprint density at radius 1 is 0.682 bits per heavy atom. The van der Waals surface area contributed by atoms with Crippen molar-refractivity contribution >= 4 is 34.8 Å². The molecule has 348 valence electrons. The minimum absolute atomic E-state index is 0.0181. The van der Waals surface area contributed by atoms with E-state index in [1.807, 2.05) is 29.1 Å². The number of likely N-dealkylation sites (tertiary alicyclic amines) is 2. The average molecular weight is 901 g/mol. The van der Waals surface area contributed by atoms with Crippen LogP contribution < -0.4 is 5.32 Å². The summed E-state index contributed by atoms with van der Waals surface area (Å²) in [7, 11) is 2.80. The molecular formula is C50H60N8O8. The fourth-order valence-corrected chi connectivity index (χ4v) is 10.8. The van der Waals surface area contributed by atoms with Crippen molar-refractivity contribution in [1.82, 2.24) is 40.0 Å². The molecule has 4 fully saturated rings. The van der Waals surface area contributed by atoms with Crippen LogP contribution in [0.15, 0.2) is 73.1 Å². The molecule has 16 heteroatoms. The number of aromatic amines is 2. The molecule has 6 atom stereocenters. The van der Waals surface area contributed by atoms with Gasteiger partial charge < -0.3 is 44.4 Å². The van der Waals surface area contributed by atoms with Crippen LogP contribution in [0.25, 0.3) is 44.4 Å². The Kier molecular flexibility index (Phi) is 13.1. The Hall–Kier alpha value is -6.26. The molecule has 4 amide bonds. The molecule has 3 aromatic carbocycles. The van der Waals surface area contributed by atoms with Crippen LogP contribution in [0, 0.1) is 11.8 Å². The molecule has 0 saturated carbocycles. The van der Waals surface area contributed by atoms with Gasteiger partial charge in [0.05, 0.1) is 43.0 Å². The van der Waals surface area contributed by atoms with E-state index in [4.69, 9.17) is 24.2 Å². The molecule has 0 bridgehead atoms. The molecule has 66 heavy (non-hydrogen) atoms. The van der Waals surface area contributed by atoms with Gasteiger partial charge in [0.15, 0.2) is 0 Å². The van der Waals surface area contributed by atoms with Crippen LogP contribution in [0.4, 0.5) is 9.59 Å². The predicted molar refractivity (Wildman–Crippen MR) is 247 cm³/mol. The molecule has 2 aromatic heterocycles. The van der Waals surface area contributed by atoms with Crippen molar-refractivity contribution in [2.24, 2.45) is 11.8 Å². The number of nitrogens with one attached hydrogen (secondary N) is 3. The Balaban J connectivity index is 0.880. The summed E-state index contributed by atoms with van der Waals surface area (Å²) in [6.07, 6.45) is 7.68. The molecule has 4 saturated heterocycles.